The van der Waals surface area contributed by atoms with Crippen molar-refractivity contribution in [3.63, 3.8) is 0 Å². The van der Waals surface area contributed by atoms with Gasteiger partial charge in [-0.25, -0.2) is 5.90 Å². The van der Waals surface area contributed by atoms with Crippen LogP contribution in [0.4, 0.5) is 0 Å². The van der Waals surface area contributed by atoms with Crippen molar-refractivity contribution < 1.29 is 9.63 Å². The van der Waals surface area contributed by atoms with Crippen LogP contribution in [0.5, 0.6) is 0 Å². The quantitative estimate of drug-likeness (QED) is 0.504. The minimum absolute atomic E-state index is 0.0713. The van der Waals surface area contributed by atoms with Crippen LogP contribution in [0, 0.1) is 0 Å². The molecule has 0 atom stereocenters. The molecule has 0 saturated carbocycles. The van der Waals surface area contributed by atoms with E-state index >= 15 is 0 Å². The molecule has 0 rings (SSSR count). The second kappa shape index (κ2) is 4.29. The van der Waals surface area contributed by atoms with Gasteiger partial charge in [-0.1, -0.05) is 0 Å². The van der Waals surface area contributed by atoms with E-state index in [1.54, 1.807) is 0 Å². The molecule has 3 N–H and O–H groups in total. The van der Waals surface area contributed by atoms with E-state index in [4.69, 9.17) is 0 Å². The fraction of sp³-hybridized carbons (Fsp3) is 0.800. The summed E-state index contributed by atoms with van der Waals surface area (Å²) in [5.41, 5.74) is 0. The summed E-state index contributed by atoms with van der Waals surface area (Å²) in [6, 6.07) is 0.146. The van der Waals surface area contributed by atoms with Gasteiger partial charge in [-0.05, 0) is 13.8 Å². The number of hydrogen-bond donors (Lipinski definition) is 2. The molecule has 0 fully saturated rings. The molecule has 0 aliphatic heterocycles. The van der Waals surface area contributed by atoms with Crippen molar-refractivity contribution in [3.8, 4) is 0 Å². The lowest BCUT2D eigenvalue weighted by molar-refractivity contribution is -0.126. The van der Waals surface area contributed by atoms with Crippen LogP contribution < -0.4 is 11.2 Å². The fourth-order valence-corrected chi connectivity index (χ4v) is 0.439. The van der Waals surface area contributed by atoms with E-state index < -0.39 is 0 Å². The predicted octanol–water partition coefficient (Wildman–Crippen LogP) is -0.599. The standard InChI is InChI=1S/C5H12N2O2/c1-4(2)7-5(8)3-9-6/h4H,3,6H2,1-2H3,(H,7,8). The van der Waals surface area contributed by atoms with Gasteiger partial charge in [0, 0.05) is 6.04 Å². The van der Waals surface area contributed by atoms with Crippen molar-refractivity contribution in [2.24, 2.45) is 5.90 Å². The Balaban J connectivity index is 3.27. The lowest BCUT2D eigenvalue weighted by atomic mass is 10.4. The topological polar surface area (TPSA) is 64.3 Å². The first kappa shape index (κ1) is 8.39. The highest BCUT2D eigenvalue weighted by atomic mass is 16.6. The van der Waals surface area contributed by atoms with Crippen molar-refractivity contribution in [3.05, 3.63) is 0 Å². The summed E-state index contributed by atoms with van der Waals surface area (Å²) in [4.78, 5) is 14.6. The molecule has 0 unspecified atom stereocenters. The van der Waals surface area contributed by atoms with Crippen molar-refractivity contribution in [2.45, 2.75) is 19.9 Å². The molecule has 0 spiro atoms. The monoisotopic (exact) mass is 132 g/mol. The highest BCUT2D eigenvalue weighted by molar-refractivity contribution is 5.77. The summed E-state index contributed by atoms with van der Waals surface area (Å²) in [6.07, 6.45) is 0. The van der Waals surface area contributed by atoms with Gasteiger partial charge >= 0.3 is 0 Å². The zero-order chi connectivity index (χ0) is 7.28. The van der Waals surface area contributed by atoms with Gasteiger partial charge < -0.3 is 5.32 Å². The van der Waals surface area contributed by atoms with Gasteiger partial charge in [0.25, 0.3) is 0 Å². The first-order valence-corrected chi connectivity index (χ1v) is 2.78. The molecule has 9 heavy (non-hydrogen) atoms. The lowest BCUT2D eigenvalue weighted by Crippen LogP contribution is -2.33. The summed E-state index contributed by atoms with van der Waals surface area (Å²) in [6.45, 7) is 3.67. The molecule has 0 heterocycles. The Labute approximate surface area is 54.3 Å². The second-order valence-electron chi connectivity index (χ2n) is 2.03. The summed E-state index contributed by atoms with van der Waals surface area (Å²) in [7, 11) is 0. The molecule has 54 valence electrons. The van der Waals surface area contributed by atoms with Crippen molar-refractivity contribution in [2.75, 3.05) is 6.61 Å². The first-order chi connectivity index (χ1) is 4.16. The van der Waals surface area contributed by atoms with Crippen LogP contribution in [0.15, 0.2) is 0 Å². The Morgan fingerprint density at radius 2 is 2.33 bits per heavy atom. The number of carbonyl (C=O) groups is 1. The largest absolute Gasteiger partial charge is 0.352 e. The van der Waals surface area contributed by atoms with Crippen LogP contribution in [0.3, 0.4) is 0 Å². The van der Waals surface area contributed by atoms with E-state index in [9.17, 15) is 4.79 Å². The molecule has 4 nitrogen and oxygen atoms in total. The van der Waals surface area contributed by atoms with Crippen LogP contribution in [0.2, 0.25) is 0 Å². The molecular formula is C5H12N2O2. The number of rotatable bonds is 3. The minimum Gasteiger partial charge on any atom is -0.352 e. The molecule has 0 aromatic rings. The van der Waals surface area contributed by atoms with Gasteiger partial charge in [0.2, 0.25) is 5.91 Å². The highest BCUT2D eigenvalue weighted by Crippen LogP contribution is 1.75. The van der Waals surface area contributed by atoms with Gasteiger partial charge in [0.15, 0.2) is 0 Å². The molecule has 4 heteroatoms. The predicted molar refractivity (Wildman–Crippen MR) is 33.4 cm³/mol. The van der Waals surface area contributed by atoms with Crippen LogP contribution in [0.1, 0.15) is 13.8 Å². The Morgan fingerprint density at radius 1 is 1.78 bits per heavy atom. The number of hydrogen-bond acceptors (Lipinski definition) is 3. The van der Waals surface area contributed by atoms with E-state index in [2.05, 4.69) is 16.1 Å². The Bertz CT molecular complexity index is 93.0. The van der Waals surface area contributed by atoms with Gasteiger partial charge in [-0.3, -0.25) is 9.63 Å². The Morgan fingerprint density at radius 3 is 2.67 bits per heavy atom. The molecule has 1 amide bonds. The van der Waals surface area contributed by atoms with Gasteiger partial charge in [0.1, 0.15) is 6.61 Å². The minimum atomic E-state index is -0.187. The first-order valence-electron chi connectivity index (χ1n) is 2.78. The van der Waals surface area contributed by atoms with Crippen LogP contribution in [-0.4, -0.2) is 18.6 Å². The third-order valence-electron chi connectivity index (χ3n) is 0.664. The number of carbonyl (C=O) groups excluding carboxylic acids is 1. The SMILES string of the molecule is CC(C)NC(=O)CON. The summed E-state index contributed by atoms with van der Waals surface area (Å²) in [5.74, 6) is 4.46. The maximum Gasteiger partial charge on any atom is 0.248 e. The smallest absolute Gasteiger partial charge is 0.248 e. The molecule has 0 radical (unpaired) electrons. The van der Waals surface area contributed by atoms with E-state index in [0.29, 0.717) is 0 Å². The number of nitrogens with two attached hydrogens (primary N) is 1. The zero-order valence-corrected chi connectivity index (χ0v) is 5.68. The van der Waals surface area contributed by atoms with E-state index in [-0.39, 0.29) is 18.6 Å². The van der Waals surface area contributed by atoms with E-state index in [0.717, 1.165) is 0 Å². The molecule has 0 aliphatic rings. The number of amides is 1. The molecule has 0 aliphatic carbocycles. The fourth-order valence-electron chi connectivity index (χ4n) is 0.439. The van der Waals surface area contributed by atoms with Crippen molar-refractivity contribution >= 4 is 5.91 Å². The second-order valence-corrected chi connectivity index (χ2v) is 2.03. The van der Waals surface area contributed by atoms with Crippen LogP contribution >= 0.6 is 0 Å². The summed E-state index contributed by atoms with van der Waals surface area (Å²) >= 11 is 0. The van der Waals surface area contributed by atoms with Crippen molar-refractivity contribution in [1.29, 1.82) is 0 Å². The maximum absolute atomic E-state index is 10.5. The third kappa shape index (κ3) is 5.26. The zero-order valence-electron chi connectivity index (χ0n) is 5.68. The van der Waals surface area contributed by atoms with Crippen LogP contribution in [0.25, 0.3) is 0 Å². The van der Waals surface area contributed by atoms with E-state index in [1.807, 2.05) is 13.8 Å². The normalized spacial score (nSPS) is 9.78. The van der Waals surface area contributed by atoms with Gasteiger partial charge in [0.05, 0.1) is 0 Å². The summed E-state index contributed by atoms with van der Waals surface area (Å²) < 4.78 is 0. The Kier molecular flexibility index (Phi) is 4.00. The van der Waals surface area contributed by atoms with Crippen molar-refractivity contribution in [1.82, 2.24) is 5.32 Å². The molecular weight excluding hydrogens is 120 g/mol. The summed E-state index contributed by atoms with van der Waals surface area (Å²) in [5, 5.41) is 2.60. The van der Waals surface area contributed by atoms with Gasteiger partial charge in [-0.15, -0.1) is 0 Å². The molecule has 0 bridgehead atoms. The third-order valence-corrected chi connectivity index (χ3v) is 0.664. The average molecular weight is 132 g/mol. The lowest BCUT2D eigenvalue weighted by Gasteiger charge is -2.05. The maximum atomic E-state index is 10.5. The molecule has 0 saturated heterocycles. The Hall–Kier alpha value is -0.610. The van der Waals surface area contributed by atoms with Gasteiger partial charge in [-0.2, -0.15) is 0 Å². The van der Waals surface area contributed by atoms with E-state index in [1.165, 1.54) is 0 Å². The number of nitrogens with one attached hydrogen (secondary N) is 1. The molecule has 0 aromatic heterocycles. The average Bonchev–Trinajstić information content (AvgIpc) is 1.63. The molecule has 0 aromatic carbocycles. The van der Waals surface area contributed by atoms with Crippen LogP contribution in [-0.2, 0) is 9.63 Å². The highest BCUT2D eigenvalue weighted by Gasteiger charge is 2.00.